The Bertz CT molecular complexity index is 1250. The molecule has 4 rings (SSSR count). The van der Waals surface area contributed by atoms with Crippen LogP contribution >= 0.6 is 0 Å². The lowest BCUT2D eigenvalue weighted by Crippen LogP contribution is -2.38. The minimum Gasteiger partial charge on any atom is -0.465 e. The molecule has 0 aliphatic carbocycles. The molecule has 3 heterocycles. The SMILES string of the molecule is CCOC(=O)CN1N=C(c2ccccc2)Cn2c1nc1c2c(=O)n(C)c(=O)n1C. The standard InChI is InChI=1S/C19H20N6O4/c1-4-29-14(26)11-25-18-20-16-15(17(27)23(3)19(28)22(16)2)24(18)10-13(21-25)12-8-6-5-7-9-12/h5-9H,4,10-11H2,1-3H3. The number of anilines is 1. The summed E-state index contributed by atoms with van der Waals surface area (Å²) in [6.45, 7) is 2.08. The number of imidazole rings is 1. The van der Waals surface area contributed by atoms with Crippen molar-refractivity contribution in [2.45, 2.75) is 13.5 Å². The number of benzene rings is 1. The van der Waals surface area contributed by atoms with E-state index in [9.17, 15) is 14.4 Å². The van der Waals surface area contributed by atoms with Crippen molar-refractivity contribution < 1.29 is 9.53 Å². The first-order valence-electron chi connectivity index (χ1n) is 9.14. The van der Waals surface area contributed by atoms with Crippen LogP contribution in [0.3, 0.4) is 0 Å². The van der Waals surface area contributed by atoms with E-state index in [0.29, 0.717) is 11.7 Å². The predicted octanol–water partition coefficient (Wildman–Crippen LogP) is 0.221. The summed E-state index contributed by atoms with van der Waals surface area (Å²) in [5, 5.41) is 6.00. The summed E-state index contributed by atoms with van der Waals surface area (Å²) in [4.78, 5) is 41.7. The normalized spacial score (nSPS) is 13.3. The van der Waals surface area contributed by atoms with Crippen molar-refractivity contribution in [1.29, 1.82) is 0 Å². The Morgan fingerprint density at radius 3 is 2.55 bits per heavy atom. The molecule has 1 aliphatic rings. The highest BCUT2D eigenvalue weighted by Crippen LogP contribution is 2.25. The second-order valence-electron chi connectivity index (χ2n) is 6.65. The Balaban J connectivity index is 1.94. The van der Waals surface area contributed by atoms with Crippen LogP contribution in [0.1, 0.15) is 12.5 Å². The first-order valence-corrected chi connectivity index (χ1v) is 9.14. The van der Waals surface area contributed by atoms with Crippen molar-refractivity contribution in [3.05, 3.63) is 56.7 Å². The quantitative estimate of drug-likeness (QED) is 0.585. The van der Waals surface area contributed by atoms with Gasteiger partial charge in [-0.25, -0.2) is 9.80 Å². The molecule has 0 radical (unpaired) electrons. The molecule has 0 fully saturated rings. The summed E-state index contributed by atoms with van der Waals surface area (Å²) in [7, 11) is 2.98. The number of aryl methyl sites for hydroxylation is 1. The number of hydrogen-bond donors (Lipinski definition) is 0. The molecule has 3 aromatic rings. The molecule has 2 aromatic heterocycles. The number of esters is 1. The summed E-state index contributed by atoms with van der Waals surface area (Å²) in [5.41, 5.74) is 1.12. The van der Waals surface area contributed by atoms with Gasteiger partial charge >= 0.3 is 11.7 Å². The molecule has 1 aromatic carbocycles. The Labute approximate surface area is 165 Å². The summed E-state index contributed by atoms with van der Waals surface area (Å²) in [6.07, 6.45) is 0. The summed E-state index contributed by atoms with van der Waals surface area (Å²) < 4.78 is 9.09. The second kappa shape index (κ2) is 7.04. The number of aromatic nitrogens is 4. The van der Waals surface area contributed by atoms with Gasteiger partial charge in [-0.2, -0.15) is 10.1 Å². The average molecular weight is 396 g/mol. The van der Waals surface area contributed by atoms with Crippen molar-refractivity contribution in [2.24, 2.45) is 19.2 Å². The maximum Gasteiger partial charge on any atom is 0.332 e. The van der Waals surface area contributed by atoms with Crippen LogP contribution in [0.25, 0.3) is 11.2 Å². The van der Waals surface area contributed by atoms with Crippen LogP contribution in [-0.4, -0.2) is 43.5 Å². The number of carbonyl (C=O) groups excluding carboxylic acids is 1. The van der Waals surface area contributed by atoms with Crippen molar-refractivity contribution >= 4 is 28.8 Å². The average Bonchev–Trinajstić information content (AvgIpc) is 3.11. The summed E-state index contributed by atoms with van der Waals surface area (Å²) in [5.74, 6) is -0.156. The smallest absolute Gasteiger partial charge is 0.332 e. The van der Waals surface area contributed by atoms with Gasteiger partial charge < -0.3 is 4.74 Å². The van der Waals surface area contributed by atoms with Gasteiger partial charge in [0.15, 0.2) is 11.2 Å². The monoisotopic (exact) mass is 396 g/mol. The van der Waals surface area contributed by atoms with Crippen molar-refractivity contribution in [2.75, 3.05) is 18.2 Å². The van der Waals surface area contributed by atoms with Crippen molar-refractivity contribution in [3.63, 3.8) is 0 Å². The van der Waals surface area contributed by atoms with Crippen LogP contribution in [0.4, 0.5) is 5.95 Å². The van der Waals surface area contributed by atoms with Gasteiger partial charge in [0.05, 0.1) is 18.9 Å². The number of rotatable bonds is 4. The van der Waals surface area contributed by atoms with Gasteiger partial charge in [0.1, 0.15) is 6.54 Å². The molecule has 0 atom stereocenters. The van der Waals surface area contributed by atoms with Crippen molar-refractivity contribution in [1.82, 2.24) is 18.7 Å². The van der Waals surface area contributed by atoms with Gasteiger partial charge in [0, 0.05) is 14.1 Å². The van der Waals surface area contributed by atoms with Gasteiger partial charge in [0.25, 0.3) is 5.56 Å². The number of carbonyl (C=O) groups is 1. The summed E-state index contributed by atoms with van der Waals surface area (Å²) >= 11 is 0. The van der Waals surface area contributed by atoms with E-state index < -0.39 is 17.2 Å². The molecule has 0 bridgehead atoms. The molecule has 10 nitrogen and oxygen atoms in total. The third-order valence-electron chi connectivity index (χ3n) is 4.80. The number of hydrogen-bond acceptors (Lipinski definition) is 7. The highest BCUT2D eigenvalue weighted by Gasteiger charge is 2.29. The molecule has 0 unspecified atom stereocenters. The highest BCUT2D eigenvalue weighted by molar-refractivity contribution is 6.03. The Hall–Kier alpha value is -3.69. The third kappa shape index (κ3) is 3.02. The fourth-order valence-corrected chi connectivity index (χ4v) is 3.37. The molecule has 29 heavy (non-hydrogen) atoms. The largest absolute Gasteiger partial charge is 0.465 e. The predicted molar refractivity (Wildman–Crippen MR) is 107 cm³/mol. The molecule has 0 spiro atoms. The van der Waals surface area contributed by atoms with Gasteiger partial charge in [-0.05, 0) is 12.5 Å². The first kappa shape index (κ1) is 18.7. The molecule has 10 heteroatoms. The van der Waals surface area contributed by atoms with E-state index in [0.717, 1.165) is 10.1 Å². The first-order chi connectivity index (χ1) is 13.9. The molecular formula is C19H20N6O4. The van der Waals surface area contributed by atoms with Gasteiger partial charge in [-0.15, -0.1) is 0 Å². The Morgan fingerprint density at radius 1 is 1.14 bits per heavy atom. The maximum absolute atomic E-state index is 12.8. The third-order valence-corrected chi connectivity index (χ3v) is 4.80. The fraction of sp³-hybridized carbons (Fsp3) is 0.316. The van der Waals surface area contributed by atoms with Crippen molar-refractivity contribution in [3.8, 4) is 0 Å². The highest BCUT2D eigenvalue weighted by atomic mass is 16.5. The zero-order valence-electron chi connectivity index (χ0n) is 16.3. The molecule has 0 amide bonds. The van der Waals surface area contributed by atoms with Crippen LogP contribution in [-0.2, 0) is 30.2 Å². The van der Waals surface area contributed by atoms with Crippen LogP contribution < -0.4 is 16.3 Å². The van der Waals surface area contributed by atoms with Crippen LogP contribution in [0, 0.1) is 0 Å². The van der Waals surface area contributed by atoms with Crippen LogP contribution in [0.5, 0.6) is 0 Å². The molecule has 1 aliphatic heterocycles. The van der Waals surface area contributed by atoms with Gasteiger partial charge in [-0.3, -0.25) is 23.3 Å². The van der Waals surface area contributed by atoms with E-state index in [1.54, 1.807) is 18.5 Å². The number of fused-ring (bicyclic) bond motifs is 3. The molecule has 0 saturated heterocycles. The molecule has 150 valence electrons. The molecular weight excluding hydrogens is 376 g/mol. The number of nitrogens with zero attached hydrogens (tertiary/aromatic N) is 6. The lowest BCUT2D eigenvalue weighted by molar-refractivity contribution is -0.141. The molecule has 0 saturated carbocycles. The lowest BCUT2D eigenvalue weighted by Gasteiger charge is -2.25. The van der Waals surface area contributed by atoms with Gasteiger partial charge in [0.2, 0.25) is 5.95 Å². The zero-order valence-corrected chi connectivity index (χ0v) is 16.3. The van der Waals surface area contributed by atoms with E-state index in [1.807, 2.05) is 30.3 Å². The fourth-order valence-electron chi connectivity index (χ4n) is 3.37. The van der Waals surface area contributed by atoms with E-state index in [-0.39, 0.29) is 30.9 Å². The Morgan fingerprint density at radius 2 is 1.86 bits per heavy atom. The topological polar surface area (TPSA) is 104 Å². The number of hydrazone groups is 1. The van der Waals surface area contributed by atoms with Crippen LogP contribution in [0.2, 0.25) is 0 Å². The zero-order chi connectivity index (χ0) is 20.7. The van der Waals surface area contributed by atoms with Gasteiger partial charge in [-0.1, -0.05) is 30.3 Å². The van der Waals surface area contributed by atoms with E-state index >= 15 is 0 Å². The summed E-state index contributed by atoms with van der Waals surface area (Å²) in [6, 6.07) is 9.47. The van der Waals surface area contributed by atoms with E-state index in [4.69, 9.17) is 4.74 Å². The minimum atomic E-state index is -0.473. The Kier molecular flexibility index (Phi) is 4.53. The lowest BCUT2D eigenvalue weighted by atomic mass is 10.1. The molecule has 0 N–H and O–H groups in total. The maximum atomic E-state index is 12.8. The minimum absolute atomic E-state index is 0.165. The van der Waals surface area contributed by atoms with E-state index in [1.165, 1.54) is 16.6 Å². The number of ether oxygens (including phenoxy) is 1. The second-order valence-corrected chi connectivity index (χ2v) is 6.65. The van der Waals surface area contributed by atoms with Crippen LogP contribution in [0.15, 0.2) is 45.0 Å². The van der Waals surface area contributed by atoms with E-state index in [2.05, 4.69) is 10.1 Å².